The molecule has 3 unspecified atom stereocenters. The lowest BCUT2D eigenvalue weighted by Gasteiger charge is -2.43. The lowest BCUT2D eigenvalue weighted by atomic mass is 9.68. The number of hydrogen-bond acceptors (Lipinski definition) is 2. The molecule has 0 aliphatic heterocycles. The smallest absolute Gasteiger partial charge is 0.328 e. The minimum Gasteiger partial charge on any atom is -0.478 e. The molecule has 0 radical (unpaired) electrons. The maximum absolute atomic E-state index is 10.6. The van der Waals surface area contributed by atoms with E-state index in [1.54, 1.807) is 0 Å². The molecule has 3 atom stereocenters. The van der Waals surface area contributed by atoms with Gasteiger partial charge in [0.05, 0.1) is 0 Å². The van der Waals surface area contributed by atoms with E-state index in [0.29, 0.717) is 23.4 Å². The number of fused-ring (bicyclic) bond motifs is 2. The van der Waals surface area contributed by atoms with Crippen molar-refractivity contribution in [3.63, 3.8) is 0 Å². The van der Waals surface area contributed by atoms with Crippen molar-refractivity contribution < 1.29 is 9.90 Å². The molecule has 2 fully saturated rings. The highest BCUT2D eigenvalue weighted by Gasteiger charge is 2.58. The van der Waals surface area contributed by atoms with E-state index < -0.39 is 5.97 Å². The molecule has 2 N–H and O–H groups in total. The molecule has 102 valence electrons. The van der Waals surface area contributed by atoms with Crippen LogP contribution in [0.25, 0.3) is 0 Å². The van der Waals surface area contributed by atoms with Gasteiger partial charge in [0, 0.05) is 18.7 Å². The largest absolute Gasteiger partial charge is 0.478 e. The summed E-state index contributed by atoms with van der Waals surface area (Å²) in [4.78, 5) is 10.6. The second-order valence-corrected chi connectivity index (χ2v) is 7.06. The van der Waals surface area contributed by atoms with Gasteiger partial charge in [-0.3, -0.25) is 0 Å². The summed E-state index contributed by atoms with van der Waals surface area (Å²) in [5.74, 6) is -0.0310. The summed E-state index contributed by atoms with van der Waals surface area (Å²) in [6.07, 6.45) is 5.28. The number of carbonyl (C=O) groups is 1. The van der Waals surface area contributed by atoms with Gasteiger partial charge in [0.1, 0.15) is 0 Å². The van der Waals surface area contributed by atoms with Crippen molar-refractivity contribution in [2.75, 3.05) is 6.54 Å². The van der Waals surface area contributed by atoms with Gasteiger partial charge in [0.15, 0.2) is 0 Å². The van der Waals surface area contributed by atoms with E-state index in [2.05, 4.69) is 26.1 Å². The van der Waals surface area contributed by atoms with Crippen LogP contribution < -0.4 is 5.32 Å². The number of nitrogens with one attached hydrogen (secondary N) is 1. The van der Waals surface area contributed by atoms with Crippen LogP contribution in [-0.4, -0.2) is 23.7 Å². The molecule has 18 heavy (non-hydrogen) atoms. The Morgan fingerprint density at radius 2 is 2.11 bits per heavy atom. The molecule has 2 saturated carbocycles. The predicted molar refractivity (Wildman–Crippen MR) is 72.4 cm³/mol. The molecule has 0 heterocycles. The van der Waals surface area contributed by atoms with Gasteiger partial charge >= 0.3 is 5.97 Å². The van der Waals surface area contributed by atoms with Crippen LogP contribution in [0.5, 0.6) is 0 Å². The SMILES string of the molecule is CC(=CC(=O)O)CNC1C2(C)CCC(C2)C1(C)C. The summed E-state index contributed by atoms with van der Waals surface area (Å²) in [5, 5.41) is 12.3. The molecule has 0 amide bonds. The second kappa shape index (κ2) is 4.37. The van der Waals surface area contributed by atoms with Gasteiger partial charge in [0.2, 0.25) is 0 Å². The first-order valence-electron chi connectivity index (χ1n) is 6.89. The average Bonchev–Trinajstić information content (AvgIpc) is 2.67. The zero-order valence-corrected chi connectivity index (χ0v) is 11.9. The van der Waals surface area contributed by atoms with E-state index in [-0.39, 0.29) is 0 Å². The van der Waals surface area contributed by atoms with Gasteiger partial charge in [-0.1, -0.05) is 26.3 Å². The monoisotopic (exact) mass is 251 g/mol. The van der Waals surface area contributed by atoms with Gasteiger partial charge in [-0.2, -0.15) is 0 Å². The lowest BCUT2D eigenvalue weighted by molar-refractivity contribution is -0.131. The molecule has 2 aliphatic carbocycles. The fraction of sp³-hybridized carbons (Fsp3) is 0.800. The number of carboxylic acids is 1. The first kappa shape index (κ1) is 13.6. The zero-order valence-electron chi connectivity index (χ0n) is 11.9. The average molecular weight is 251 g/mol. The third kappa shape index (κ3) is 2.20. The van der Waals surface area contributed by atoms with Crippen LogP contribution in [0.4, 0.5) is 0 Å². The molecular formula is C15H25NO2. The third-order valence-electron chi connectivity index (χ3n) is 5.22. The number of aliphatic carboxylic acids is 1. The Bertz CT molecular complexity index is 381. The Hall–Kier alpha value is -0.830. The van der Waals surface area contributed by atoms with E-state index >= 15 is 0 Å². The zero-order chi connectivity index (χ0) is 13.6. The van der Waals surface area contributed by atoms with Crippen LogP contribution in [-0.2, 0) is 4.79 Å². The van der Waals surface area contributed by atoms with E-state index in [1.165, 1.54) is 25.3 Å². The predicted octanol–water partition coefficient (Wildman–Crippen LogP) is 2.82. The first-order chi connectivity index (χ1) is 8.25. The molecule has 2 aliphatic rings. The Labute approximate surface area is 110 Å². The third-order valence-corrected chi connectivity index (χ3v) is 5.22. The summed E-state index contributed by atoms with van der Waals surface area (Å²) in [5.41, 5.74) is 1.62. The Balaban J connectivity index is 2.03. The summed E-state index contributed by atoms with van der Waals surface area (Å²) in [7, 11) is 0. The highest BCUT2D eigenvalue weighted by Crippen LogP contribution is 2.62. The van der Waals surface area contributed by atoms with E-state index in [1.807, 2.05) is 6.92 Å². The Kier molecular flexibility index (Phi) is 3.30. The van der Waals surface area contributed by atoms with Crippen molar-refractivity contribution in [1.82, 2.24) is 5.32 Å². The highest BCUT2D eigenvalue weighted by atomic mass is 16.4. The Morgan fingerprint density at radius 1 is 1.44 bits per heavy atom. The lowest BCUT2D eigenvalue weighted by Crippen LogP contribution is -2.50. The molecule has 0 aromatic carbocycles. The molecule has 0 spiro atoms. The molecule has 0 saturated heterocycles. The molecule has 2 rings (SSSR count). The summed E-state index contributed by atoms with van der Waals surface area (Å²) in [6, 6.07) is 0.501. The standard InChI is InChI=1S/C15H25NO2/c1-10(7-12(17)18)9-16-13-14(2,3)11-5-6-15(13,4)8-11/h7,11,13,16H,5-6,8-9H2,1-4H3,(H,17,18). The summed E-state index contributed by atoms with van der Waals surface area (Å²) in [6.45, 7) is 9.66. The maximum atomic E-state index is 10.6. The van der Waals surface area contributed by atoms with Crippen molar-refractivity contribution in [2.24, 2.45) is 16.7 Å². The van der Waals surface area contributed by atoms with E-state index in [4.69, 9.17) is 5.11 Å². The molecule has 3 nitrogen and oxygen atoms in total. The van der Waals surface area contributed by atoms with Gasteiger partial charge < -0.3 is 10.4 Å². The van der Waals surface area contributed by atoms with E-state index in [9.17, 15) is 4.79 Å². The maximum Gasteiger partial charge on any atom is 0.328 e. The molecule has 3 heteroatoms. The van der Waals surface area contributed by atoms with Crippen molar-refractivity contribution >= 4 is 5.97 Å². The fourth-order valence-electron chi connectivity index (χ4n) is 4.34. The van der Waals surface area contributed by atoms with Crippen LogP contribution in [0.15, 0.2) is 11.6 Å². The number of hydrogen-bond donors (Lipinski definition) is 2. The van der Waals surface area contributed by atoms with Crippen molar-refractivity contribution in [1.29, 1.82) is 0 Å². The number of rotatable bonds is 4. The quantitative estimate of drug-likeness (QED) is 0.755. The molecule has 2 bridgehead atoms. The molecule has 0 aromatic heterocycles. The molecule has 0 aromatic rings. The van der Waals surface area contributed by atoms with E-state index in [0.717, 1.165) is 11.5 Å². The van der Waals surface area contributed by atoms with Gasteiger partial charge in [-0.25, -0.2) is 4.79 Å². The van der Waals surface area contributed by atoms with Crippen molar-refractivity contribution in [3.05, 3.63) is 11.6 Å². The van der Waals surface area contributed by atoms with Crippen LogP contribution in [0.1, 0.15) is 47.0 Å². The van der Waals surface area contributed by atoms with Gasteiger partial charge in [-0.05, 0) is 42.9 Å². The van der Waals surface area contributed by atoms with Crippen molar-refractivity contribution in [3.8, 4) is 0 Å². The minimum atomic E-state index is -0.854. The minimum absolute atomic E-state index is 0.330. The van der Waals surface area contributed by atoms with Crippen LogP contribution in [0, 0.1) is 16.7 Å². The second-order valence-electron chi connectivity index (χ2n) is 7.06. The fourth-order valence-corrected chi connectivity index (χ4v) is 4.34. The summed E-state index contributed by atoms with van der Waals surface area (Å²) < 4.78 is 0. The number of carboxylic acid groups (broad SMARTS) is 1. The van der Waals surface area contributed by atoms with Gasteiger partial charge in [-0.15, -0.1) is 0 Å². The topological polar surface area (TPSA) is 49.3 Å². The van der Waals surface area contributed by atoms with Crippen LogP contribution in [0.2, 0.25) is 0 Å². The van der Waals surface area contributed by atoms with Crippen LogP contribution >= 0.6 is 0 Å². The van der Waals surface area contributed by atoms with Crippen LogP contribution in [0.3, 0.4) is 0 Å². The Morgan fingerprint density at radius 3 is 2.61 bits per heavy atom. The first-order valence-corrected chi connectivity index (χ1v) is 6.89. The van der Waals surface area contributed by atoms with Gasteiger partial charge in [0.25, 0.3) is 0 Å². The normalized spacial score (nSPS) is 38.1. The summed E-state index contributed by atoms with van der Waals surface area (Å²) >= 11 is 0. The molecular weight excluding hydrogens is 226 g/mol. The highest BCUT2D eigenvalue weighted by molar-refractivity contribution is 5.80. The van der Waals surface area contributed by atoms with Crippen molar-refractivity contribution in [2.45, 2.75) is 53.0 Å².